The van der Waals surface area contributed by atoms with Crippen molar-refractivity contribution in [1.82, 2.24) is 19.8 Å². The highest BCUT2D eigenvalue weighted by atomic mass is 16.6. The fraction of sp³-hybridized carbons (Fsp3) is 0.739. The van der Waals surface area contributed by atoms with Crippen LogP contribution in [0, 0.1) is 10.1 Å². The molecule has 0 bridgehead atoms. The summed E-state index contributed by atoms with van der Waals surface area (Å²) >= 11 is 0. The van der Waals surface area contributed by atoms with Crippen molar-refractivity contribution in [3.63, 3.8) is 0 Å². The number of nitrogens with two attached hydrogens (primary N) is 1. The molecule has 0 spiro atoms. The molecule has 13 nitrogen and oxygen atoms in total. The normalized spacial score (nSPS) is 18.7. The first-order valence-electron chi connectivity index (χ1n) is 12.7. The Hall–Kier alpha value is -3.22. The molecule has 2 aliphatic rings. The molecule has 200 valence electrons. The van der Waals surface area contributed by atoms with Crippen LogP contribution in [0.1, 0.15) is 52.4 Å². The first-order valence-corrected chi connectivity index (χ1v) is 12.7. The highest BCUT2D eigenvalue weighted by Gasteiger charge is 2.39. The maximum absolute atomic E-state index is 13.1. The van der Waals surface area contributed by atoms with Gasteiger partial charge in [-0.2, -0.15) is 9.97 Å². The third kappa shape index (κ3) is 6.93. The van der Waals surface area contributed by atoms with E-state index in [1.54, 1.807) is 11.8 Å². The van der Waals surface area contributed by atoms with Gasteiger partial charge in [-0.15, -0.1) is 0 Å². The molecular formula is C23H37N7O6. The Bertz CT molecular complexity index is 924. The van der Waals surface area contributed by atoms with E-state index in [-0.39, 0.29) is 43.2 Å². The Morgan fingerprint density at radius 1 is 1.14 bits per heavy atom. The number of unbranched alkanes of at least 4 members (excludes halogenated alkanes) is 1. The van der Waals surface area contributed by atoms with E-state index in [4.69, 9.17) is 15.2 Å². The summed E-state index contributed by atoms with van der Waals surface area (Å²) in [5.74, 6) is -1.10. The van der Waals surface area contributed by atoms with Gasteiger partial charge in [-0.3, -0.25) is 14.9 Å². The summed E-state index contributed by atoms with van der Waals surface area (Å²) in [6.45, 7) is 7.49. The van der Waals surface area contributed by atoms with Crippen molar-refractivity contribution < 1.29 is 24.0 Å². The highest BCUT2D eigenvalue weighted by Crippen LogP contribution is 2.35. The summed E-state index contributed by atoms with van der Waals surface area (Å²) in [5.41, 5.74) is 5.44. The van der Waals surface area contributed by atoms with Crippen molar-refractivity contribution in [3.8, 4) is 6.01 Å². The van der Waals surface area contributed by atoms with Gasteiger partial charge in [0.1, 0.15) is 6.04 Å². The predicted molar refractivity (Wildman–Crippen MR) is 133 cm³/mol. The fourth-order valence-electron chi connectivity index (χ4n) is 4.51. The van der Waals surface area contributed by atoms with Gasteiger partial charge in [0.05, 0.1) is 24.7 Å². The van der Waals surface area contributed by atoms with Crippen LogP contribution in [0.25, 0.3) is 0 Å². The minimum absolute atomic E-state index is 0.0325. The Balaban J connectivity index is 1.89. The van der Waals surface area contributed by atoms with Crippen molar-refractivity contribution in [2.45, 2.75) is 58.4 Å². The molecule has 1 aromatic rings. The number of hydrogen-bond acceptors (Lipinski definition) is 11. The number of likely N-dealkylation sites (tertiary alicyclic amines) is 1. The Labute approximate surface area is 211 Å². The SMILES string of the molecule is CCCCOc1nc(N)c([N+](=O)[O-])c(N2CCCN(C(=O)CCN3CCCC3)CC2C(=O)OCC)n1. The van der Waals surface area contributed by atoms with Gasteiger partial charge in [0.15, 0.2) is 0 Å². The van der Waals surface area contributed by atoms with Crippen LogP contribution in [0.4, 0.5) is 17.3 Å². The van der Waals surface area contributed by atoms with E-state index in [9.17, 15) is 19.7 Å². The molecule has 0 aromatic carbocycles. The summed E-state index contributed by atoms with van der Waals surface area (Å²) < 4.78 is 10.9. The molecular weight excluding hydrogens is 470 g/mol. The summed E-state index contributed by atoms with van der Waals surface area (Å²) in [6.07, 6.45) is 4.75. The molecule has 2 N–H and O–H groups in total. The summed E-state index contributed by atoms with van der Waals surface area (Å²) in [7, 11) is 0. The molecule has 2 saturated heterocycles. The molecule has 1 atom stereocenters. The zero-order chi connectivity index (χ0) is 26.1. The summed E-state index contributed by atoms with van der Waals surface area (Å²) in [6, 6.07) is -1.08. The van der Waals surface area contributed by atoms with Gasteiger partial charge in [0.25, 0.3) is 0 Å². The van der Waals surface area contributed by atoms with Crippen LogP contribution in [0.15, 0.2) is 0 Å². The lowest BCUT2D eigenvalue weighted by Crippen LogP contribution is -2.49. The molecule has 3 rings (SSSR count). The Morgan fingerprint density at radius 3 is 2.56 bits per heavy atom. The summed E-state index contributed by atoms with van der Waals surface area (Å²) in [4.78, 5) is 51.0. The van der Waals surface area contributed by atoms with Crippen molar-refractivity contribution in [2.75, 3.05) is 63.1 Å². The molecule has 0 saturated carbocycles. The molecule has 0 aliphatic carbocycles. The molecule has 0 radical (unpaired) electrons. The van der Waals surface area contributed by atoms with Crippen molar-refractivity contribution in [3.05, 3.63) is 10.1 Å². The van der Waals surface area contributed by atoms with E-state index < -0.39 is 22.6 Å². The molecule has 2 aliphatic heterocycles. The molecule has 3 heterocycles. The Morgan fingerprint density at radius 2 is 1.89 bits per heavy atom. The van der Waals surface area contributed by atoms with Crippen LogP contribution in [-0.4, -0.2) is 95.1 Å². The fourth-order valence-corrected chi connectivity index (χ4v) is 4.51. The van der Waals surface area contributed by atoms with Crippen LogP contribution in [0.5, 0.6) is 6.01 Å². The van der Waals surface area contributed by atoms with Crippen molar-refractivity contribution >= 4 is 29.2 Å². The van der Waals surface area contributed by atoms with Crippen molar-refractivity contribution in [1.29, 1.82) is 0 Å². The second-order valence-electron chi connectivity index (χ2n) is 8.98. The maximum atomic E-state index is 13.1. The maximum Gasteiger partial charge on any atom is 0.353 e. The first kappa shape index (κ1) is 27.4. The van der Waals surface area contributed by atoms with Gasteiger partial charge >= 0.3 is 17.7 Å². The number of rotatable bonds is 11. The van der Waals surface area contributed by atoms with E-state index in [0.717, 1.165) is 38.8 Å². The second kappa shape index (κ2) is 13.2. The van der Waals surface area contributed by atoms with Crippen LogP contribution in [0.2, 0.25) is 0 Å². The molecule has 2 fully saturated rings. The lowest BCUT2D eigenvalue weighted by atomic mass is 10.2. The lowest BCUT2D eigenvalue weighted by molar-refractivity contribution is -0.383. The average molecular weight is 508 g/mol. The van der Waals surface area contributed by atoms with Crippen LogP contribution in [-0.2, 0) is 14.3 Å². The Kier molecular flexibility index (Phi) is 10.0. The lowest BCUT2D eigenvalue weighted by Gasteiger charge is -2.31. The number of ether oxygens (including phenoxy) is 2. The van der Waals surface area contributed by atoms with Gasteiger partial charge in [-0.25, -0.2) is 4.79 Å². The minimum Gasteiger partial charge on any atom is -0.464 e. The number of nitrogen functional groups attached to an aromatic ring is 1. The number of nitrogens with zero attached hydrogens (tertiary/aromatic N) is 6. The minimum atomic E-state index is -0.986. The third-order valence-electron chi connectivity index (χ3n) is 6.40. The zero-order valence-electron chi connectivity index (χ0n) is 21.2. The van der Waals surface area contributed by atoms with Crippen LogP contribution >= 0.6 is 0 Å². The summed E-state index contributed by atoms with van der Waals surface area (Å²) in [5, 5.41) is 11.9. The number of hydrogen-bond donors (Lipinski definition) is 1. The largest absolute Gasteiger partial charge is 0.464 e. The smallest absolute Gasteiger partial charge is 0.353 e. The number of carbonyl (C=O) groups is 2. The number of nitro groups is 1. The first-order chi connectivity index (χ1) is 17.3. The zero-order valence-corrected chi connectivity index (χ0v) is 21.2. The highest BCUT2D eigenvalue weighted by molar-refractivity contribution is 5.84. The van der Waals surface area contributed by atoms with E-state index in [0.29, 0.717) is 32.5 Å². The molecule has 1 aromatic heterocycles. The number of carbonyl (C=O) groups excluding carboxylic acids is 2. The molecule has 1 amide bonds. The number of aromatic nitrogens is 2. The predicted octanol–water partition coefficient (Wildman–Crippen LogP) is 1.60. The van der Waals surface area contributed by atoms with Gasteiger partial charge < -0.3 is 29.9 Å². The monoisotopic (exact) mass is 507 g/mol. The van der Waals surface area contributed by atoms with E-state index in [2.05, 4.69) is 14.9 Å². The van der Waals surface area contributed by atoms with E-state index >= 15 is 0 Å². The third-order valence-corrected chi connectivity index (χ3v) is 6.40. The van der Waals surface area contributed by atoms with Crippen molar-refractivity contribution in [2.24, 2.45) is 0 Å². The number of esters is 1. The van der Waals surface area contributed by atoms with Gasteiger partial charge in [-0.05, 0) is 45.7 Å². The van der Waals surface area contributed by atoms with Gasteiger partial charge in [0, 0.05) is 26.1 Å². The molecule has 1 unspecified atom stereocenters. The van der Waals surface area contributed by atoms with E-state index in [1.807, 2.05) is 6.92 Å². The van der Waals surface area contributed by atoms with Gasteiger partial charge in [-0.1, -0.05) is 13.3 Å². The number of amides is 1. The topological polar surface area (TPSA) is 157 Å². The van der Waals surface area contributed by atoms with Crippen LogP contribution < -0.4 is 15.4 Å². The number of anilines is 2. The van der Waals surface area contributed by atoms with Gasteiger partial charge in [0.2, 0.25) is 17.5 Å². The van der Waals surface area contributed by atoms with E-state index in [1.165, 1.54) is 4.90 Å². The average Bonchev–Trinajstić information content (AvgIpc) is 3.26. The second-order valence-corrected chi connectivity index (χ2v) is 8.98. The molecule has 36 heavy (non-hydrogen) atoms. The van der Waals surface area contributed by atoms with Crippen LogP contribution in [0.3, 0.4) is 0 Å². The quantitative estimate of drug-likeness (QED) is 0.201. The standard InChI is InChI=1S/C23H37N7O6/c1-3-5-15-36-23-25-20(24)19(30(33)34)21(26-23)29-13-8-12-28(16-17(29)22(32)35-4-2)18(31)9-14-27-10-6-7-11-27/h17H,3-16H2,1-2H3,(H2,24,25,26). The molecule has 13 heteroatoms.